The number of anilines is 1. The fraction of sp³-hybridized carbons (Fsp3) is 0.143. The van der Waals surface area contributed by atoms with E-state index in [9.17, 15) is 14.4 Å². The molecule has 6 nitrogen and oxygen atoms in total. The molecule has 1 fully saturated rings. The average Bonchev–Trinajstić information content (AvgIpc) is 2.92. The van der Waals surface area contributed by atoms with Crippen molar-refractivity contribution in [1.29, 1.82) is 5.26 Å². The summed E-state index contributed by atoms with van der Waals surface area (Å²) in [7, 11) is 0. The molecule has 3 rings (SSSR count). The van der Waals surface area contributed by atoms with Crippen molar-refractivity contribution in [2.24, 2.45) is 0 Å². The van der Waals surface area contributed by atoms with E-state index in [0.29, 0.717) is 16.8 Å². The van der Waals surface area contributed by atoms with Crippen molar-refractivity contribution in [1.82, 2.24) is 4.90 Å². The first kappa shape index (κ1) is 19.4. The predicted octanol–water partition coefficient (Wildman–Crippen LogP) is 3.85. The summed E-state index contributed by atoms with van der Waals surface area (Å²) in [4.78, 5) is 38.3. The summed E-state index contributed by atoms with van der Waals surface area (Å²) in [6.07, 6.45) is 1.58. The number of benzene rings is 2. The second-order valence-corrected chi connectivity index (χ2v) is 7.36. The van der Waals surface area contributed by atoms with Gasteiger partial charge in [0.25, 0.3) is 11.1 Å². The first-order chi connectivity index (χ1) is 13.4. The number of aryl methyl sites for hydroxylation is 2. The Balaban J connectivity index is 1.71. The van der Waals surface area contributed by atoms with Gasteiger partial charge in [0, 0.05) is 5.69 Å². The highest BCUT2D eigenvalue weighted by Gasteiger charge is 2.36. The minimum absolute atomic E-state index is 0.245. The van der Waals surface area contributed by atoms with Crippen LogP contribution >= 0.6 is 11.8 Å². The van der Waals surface area contributed by atoms with E-state index in [0.717, 1.165) is 27.8 Å². The number of thioether (sulfide) groups is 1. The van der Waals surface area contributed by atoms with Crippen LogP contribution in [-0.4, -0.2) is 28.5 Å². The standard InChI is InChI=1S/C21H17N3O3S/c1-13-3-4-14(2)17(9-13)23-19(25)12-24-20(26)18(28-21(24)27)10-15-5-7-16(11-22)8-6-15/h3-10H,12H2,1-2H3,(H,23,25)/b18-10+. The maximum absolute atomic E-state index is 12.5. The monoisotopic (exact) mass is 391 g/mol. The lowest BCUT2D eigenvalue weighted by Crippen LogP contribution is -2.36. The van der Waals surface area contributed by atoms with Crippen molar-refractivity contribution in [3.05, 3.63) is 69.6 Å². The largest absolute Gasteiger partial charge is 0.324 e. The van der Waals surface area contributed by atoms with Crippen LogP contribution in [0.3, 0.4) is 0 Å². The van der Waals surface area contributed by atoms with Crippen LogP contribution < -0.4 is 5.32 Å². The third kappa shape index (κ3) is 4.30. The molecule has 1 N–H and O–H groups in total. The maximum atomic E-state index is 12.5. The summed E-state index contributed by atoms with van der Waals surface area (Å²) in [5, 5.41) is 11.1. The van der Waals surface area contributed by atoms with Crippen molar-refractivity contribution in [2.75, 3.05) is 11.9 Å². The van der Waals surface area contributed by atoms with Gasteiger partial charge in [-0.25, -0.2) is 0 Å². The number of carbonyl (C=O) groups is 3. The molecule has 7 heteroatoms. The van der Waals surface area contributed by atoms with Gasteiger partial charge in [-0.3, -0.25) is 19.3 Å². The third-order valence-electron chi connectivity index (χ3n) is 4.18. The van der Waals surface area contributed by atoms with E-state index in [2.05, 4.69) is 5.32 Å². The van der Waals surface area contributed by atoms with Crippen LogP contribution in [0.15, 0.2) is 47.4 Å². The number of nitrogens with one attached hydrogen (secondary N) is 1. The van der Waals surface area contributed by atoms with Crippen molar-refractivity contribution < 1.29 is 14.4 Å². The Kier molecular flexibility index (Phi) is 5.62. The number of nitriles is 1. The molecular weight excluding hydrogens is 374 g/mol. The normalized spacial score (nSPS) is 15.0. The number of hydrogen-bond donors (Lipinski definition) is 1. The molecule has 1 saturated heterocycles. The zero-order chi connectivity index (χ0) is 20.3. The van der Waals surface area contributed by atoms with Gasteiger partial charge in [0.2, 0.25) is 5.91 Å². The van der Waals surface area contributed by atoms with Gasteiger partial charge in [-0.1, -0.05) is 24.3 Å². The topological polar surface area (TPSA) is 90.3 Å². The van der Waals surface area contributed by atoms with Crippen LogP contribution in [-0.2, 0) is 9.59 Å². The van der Waals surface area contributed by atoms with E-state index in [1.165, 1.54) is 0 Å². The number of hydrogen-bond acceptors (Lipinski definition) is 5. The van der Waals surface area contributed by atoms with Crippen molar-refractivity contribution >= 4 is 40.6 Å². The minimum Gasteiger partial charge on any atom is -0.324 e. The first-order valence-electron chi connectivity index (χ1n) is 8.50. The van der Waals surface area contributed by atoms with Gasteiger partial charge in [0.05, 0.1) is 16.5 Å². The van der Waals surface area contributed by atoms with Crippen LogP contribution in [0.2, 0.25) is 0 Å². The third-order valence-corrected chi connectivity index (χ3v) is 5.09. The zero-order valence-electron chi connectivity index (χ0n) is 15.4. The second-order valence-electron chi connectivity index (χ2n) is 6.37. The molecule has 0 aromatic heterocycles. The lowest BCUT2D eigenvalue weighted by molar-refractivity contribution is -0.127. The molecule has 0 spiro atoms. The van der Waals surface area contributed by atoms with Gasteiger partial charge >= 0.3 is 0 Å². The molecule has 0 saturated carbocycles. The summed E-state index contributed by atoms with van der Waals surface area (Å²) >= 11 is 0.794. The molecule has 1 aliphatic rings. The zero-order valence-corrected chi connectivity index (χ0v) is 16.2. The summed E-state index contributed by atoms with van der Waals surface area (Å²) in [6.45, 7) is 3.44. The van der Waals surface area contributed by atoms with E-state index < -0.39 is 17.1 Å². The fourth-order valence-corrected chi connectivity index (χ4v) is 3.48. The van der Waals surface area contributed by atoms with Crippen LogP contribution in [0.5, 0.6) is 0 Å². The molecule has 0 unspecified atom stereocenters. The SMILES string of the molecule is Cc1ccc(C)c(NC(=O)CN2C(=O)S/C(=C/c3ccc(C#N)cc3)C2=O)c1. The molecule has 1 aliphatic heterocycles. The Hall–Kier alpha value is -3.37. The Labute approximate surface area is 166 Å². The van der Waals surface area contributed by atoms with Gasteiger partial charge < -0.3 is 5.32 Å². The van der Waals surface area contributed by atoms with Crippen LogP contribution in [0.1, 0.15) is 22.3 Å². The highest BCUT2D eigenvalue weighted by atomic mass is 32.2. The van der Waals surface area contributed by atoms with Gasteiger partial charge in [0.15, 0.2) is 0 Å². The lowest BCUT2D eigenvalue weighted by Gasteiger charge is -2.14. The molecule has 2 aromatic carbocycles. The Morgan fingerprint density at radius 1 is 1.18 bits per heavy atom. The Bertz CT molecular complexity index is 1040. The van der Waals surface area contributed by atoms with E-state index >= 15 is 0 Å². The first-order valence-corrected chi connectivity index (χ1v) is 9.31. The summed E-state index contributed by atoms with van der Waals surface area (Å²) in [5.74, 6) is -0.939. The molecule has 0 radical (unpaired) electrons. The van der Waals surface area contributed by atoms with Crippen LogP contribution in [0.25, 0.3) is 6.08 Å². The molecule has 140 valence electrons. The van der Waals surface area contributed by atoms with Gasteiger partial charge in [-0.05, 0) is 66.6 Å². The lowest BCUT2D eigenvalue weighted by atomic mass is 10.1. The highest BCUT2D eigenvalue weighted by molar-refractivity contribution is 8.18. The smallest absolute Gasteiger partial charge is 0.294 e. The second kappa shape index (κ2) is 8.11. The molecule has 28 heavy (non-hydrogen) atoms. The number of carbonyl (C=O) groups excluding carboxylic acids is 3. The molecule has 2 aromatic rings. The van der Waals surface area contributed by atoms with Gasteiger partial charge in [0.1, 0.15) is 6.54 Å². The predicted molar refractivity (Wildman–Crippen MR) is 108 cm³/mol. The molecule has 0 aliphatic carbocycles. The maximum Gasteiger partial charge on any atom is 0.294 e. The van der Waals surface area contributed by atoms with Gasteiger partial charge in [-0.15, -0.1) is 0 Å². The minimum atomic E-state index is -0.504. The fourth-order valence-electron chi connectivity index (χ4n) is 2.65. The Morgan fingerprint density at radius 3 is 2.57 bits per heavy atom. The quantitative estimate of drug-likeness (QED) is 0.800. The van der Waals surface area contributed by atoms with E-state index in [1.54, 1.807) is 30.3 Å². The number of rotatable bonds is 4. The summed E-state index contributed by atoms with van der Waals surface area (Å²) < 4.78 is 0. The number of imide groups is 1. The summed E-state index contributed by atoms with van der Waals surface area (Å²) in [5.41, 5.74) is 3.76. The van der Waals surface area contributed by atoms with E-state index in [-0.39, 0.29) is 11.4 Å². The van der Waals surface area contributed by atoms with Crippen LogP contribution in [0.4, 0.5) is 10.5 Å². The molecule has 0 bridgehead atoms. The number of nitrogens with zero attached hydrogens (tertiary/aromatic N) is 2. The highest BCUT2D eigenvalue weighted by Crippen LogP contribution is 2.32. The molecule has 3 amide bonds. The molecular formula is C21H17N3O3S. The van der Waals surface area contributed by atoms with Crippen molar-refractivity contribution in [3.63, 3.8) is 0 Å². The Morgan fingerprint density at radius 2 is 1.89 bits per heavy atom. The number of amides is 3. The molecule has 0 atom stereocenters. The van der Waals surface area contributed by atoms with E-state index in [1.807, 2.05) is 38.1 Å². The van der Waals surface area contributed by atoms with Crippen molar-refractivity contribution in [2.45, 2.75) is 13.8 Å². The van der Waals surface area contributed by atoms with Crippen molar-refractivity contribution in [3.8, 4) is 6.07 Å². The molecule has 1 heterocycles. The van der Waals surface area contributed by atoms with E-state index in [4.69, 9.17) is 5.26 Å². The average molecular weight is 391 g/mol. The van der Waals surface area contributed by atoms with Gasteiger partial charge in [-0.2, -0.15) is 5.26 Å². The van der Waals surface area contributed by atoms with Crippen LogP contribution in [0, 0.1) is 25.2 Å². The summed E-state index contributed by atoms with van der Waals surface area (Å²) in [6, 6.07) is 14.3.